The Kier molecular flexibility index (Phi) is 3.97. The molecule has 0 aliphatic carbocycles. The quantitative estimate of drug-likeness (QED) is 0.556. The molecule has 4 heteroatoms. The number of aldehydes is 1. The molecule has 0 amide bonds. The Bertz CT molecular complexity index is 374. The topological polar surface area (TPSA) is 56.3 Å². The highest BCUT2D eigenvalue weighted by Crippen LogP contribution is 2.08. The molecule has 0 saturated carbocycles. The minimum atomic E-state index is -0.448. The number of nitrogens with zero attached hydrogens (tertiary/aromatic N) is 1. The summed E-state index contributed by atoms with van der Waals surface area (Å²) in [6.45, 7) is 3.94. The van der Waals surface area contributed by atoms with E-state index in [-0.39, 0.29) is 0 Å². The normalized spacial score (nSPS) is 9.73. The summed E-state index contributed by atoms with van der Waals surface area (Å²) in [4.78, 5) is 26.1. The highest BCUT2D eigenvalue weighted by atomic mass is 16.5. The highest BCUT2D eigenvalue weighted by Gasteiger charge is 2.10. The zero-order valence-corrected chi connectivity index (χ0v) is 8.82. The van der Waals surface area contributed by atoms with Crippen LogP contribution in [-0.2, 0) is 11.2 Å². The smallest absolute Gasteiger partial charge is 0.339 e. The van der Waals surface area contributed by atoms with Crippen molar-refractivity contribution in [3.63, 3.8) is 0 Å². The van der Waals surface area contributed by atoms with E-state index in [1.165, 1.54) is 12.3 Å². The third kappa shape index (κ3) is 2.62. The van der Waals surface area contributed by atoms with Crippen molar-refractivity contribution < 1.29 is 14.3 Å². The lowest BCUT2D eigenvalue weighted by Crippen LogP contribution is -2.07. The molecular formula is C11H13NO3. The summed E-state index contributed by atoms with van der Waals surface area (Å²) >= 11 is 0. The zero-order valence-electron chi connectivity index (χ0n) is 8.82. The van der Waals surface area contributed by atoms with Gasteiger partial charge in [0.15, 0.2) is 6.29 Å². The lowest BCUT2D eigenvalue weighted by atomic mass is 10.1. The van der Waals surface area contributed by atoms with E-state index in [4.69, 9.17) is 4.74 Å². The van der Waals surface area contributed by atoms with Crippen molar-refractivity contribution in [1.29, 1.82) is 0 Å². The van der Waals surface area contributed by atoms with Gasteiger partial charge in [-0.2, -0.15) is 0 Å². The fourth-order valence-corrected chi connectivity index (χ4v) is 1.23. The van der Waals surface area contributed by atoms with Crippen LogP contribution in [0.1, 0.15) is 40.3 Å². The van der Waals surface area contributed by atoms with Crippen molar-refractivity contribution in [2.24, 2.45) is 0 Å². The van der Waals surface area contributed by atoms with E-state index < -0.39 is 5.97 Å². The summed E-state index contributed by atoms with van der Waals surface area (Å²) in [5.74, 6) is -0.448. The summed E-state index contributed by atoms with van der Waals surface area (Å²) in [5, 5.41) is 0. The van der Waals surface area contributed by atoms with Gasteiger partial charge in [-0.05, 0) is 19.4 Å². The number of rotatable bonds is 4. The van der Waals surface area contributed by atoms with Crippen molar-refractivity contribution in [3.8, 4) is 0 Å². The molecule has 80 valence electrons. The Labute approximate surface area is 88.3 Å². The van der Waals surface area contributed by atoms with Gasteiger partial charge in [0.25, 0.3) is 0 Å². The Balaban J connectivity index is 3.02. The molecule has 0 radical (unpaired) electrons. The van der Waals surface area contributed by atoms with Gasteiger partial charge in [-0.25, -0.2) is 4.79 Å². The molecule has 0 unspecified atom stereocenters. The van der Waals surface area contributed by atoms with Gasteiger partial charge >= 0.3 is 5.97 Å². The van der Waals surface area contributed by atoms with Crippen LogP contribution in [0, 0.1) is 0 Å². The van der Waals surface area contributed by atoms with Crippen molar-refractivity contribution in [1.82, 2.24) is 4.98 Å². The zero-order chi connectivity index (χ0) is 11.3. The van der Waals surface area contributed by atoms with E-state index in [1.807, 2.05) is 6.92 Å². The van der Waals surface area contributed by atoms with Gasteiger partial charge in [0.2, 0.25) is 0 Å². The molecule has 0 saturated heterocycles. The van der Waals surface area contributed by atoms with Crippen molar-refractivity contribution in [2.45, 2.75) is 20.3 Å². The van der Waals surface area contributed by atoms with Crippen molar-refractivity contribution >= 4 is 12.3 Å². The van der Waals surface area contributed by atoms with E-state index >= 15 is 0 Å². The molecule has 1 rings (SSSR count). The second kappa shape index (κ2) is 5.24. The van der Waals surface area contributed by atoms with Gasteiger partial charge in [-0.15, -0.1) is 0 Å². The predicted molar refractivity (Wildman–Crippen MR) is 55.0 cm³/mol. The fraction of sp³-hybridized carbons (Fsp3) is 0.364. The number of ether oxygens (including phenoxy) is 1. The van der Waals surface area contributed by atoms with E-state index in [1.54, 1.807) is 6.92 Å². The molecule has 0 bridgehead atoms. The number of aromatic nitrogens is 1. The fourth-order valence-electron chi connectivity index (χ4n) is 1.23. The van der Waals surface area contributed by atoms with Gasteiger partial charge in [-0.3, -0.25) is 9.78 Å². The second-order valence-electron chi connectivity index (χ2n) is 2.95. The van der Waals surface area contributed by atoms with Crippen LogP contribution in [0.3, 0.4) is 0 Å². The van der Waals surface area contributed by atoms with Gasteiger partial charge in [0.1, 0.15) is 0 Å². The number of hydrogen-bond donors (Lipinski definition) is 0. The maximum atomic E-state index is 11.3. The molecule has 0 spiro atoms. The first kappa shape index (κ1) is 11.4. The van der Waals surface area contributed by atoms with Crippen LogP contribution in [0.2, 0.25) is 0 Å². The number of carbonyl (C=O) groups is 2. The Morgan fingerprint density at radius 1 is 1.53 bits per heavy atom. The molecule has 0 atom stereocenters. The van der Waals surface area contributed by atoms with E-state index in [2.05, 4.69) is 4.98 Å². The predicted octanol–water partition coefficient (Wildman–Crippen LogP) is 1.63. The number of esters is 1. The lowest BCUT2D eigenvalue weighted by Gasteiger charge is -2.04. The molecule has 1 aromatic rings. The largest absolute Gasteiger partial charge is 0.462 e. The van der Waals surface area contributed by atoms with Gasteiger partial charge < -0.3 is 4.74 Å². The van der Waals surface area contributed by atoms with Crippen LogP contribution in [-0.4, -0.2) is 23.8 Å². The van der Waals surface area contributed by atoms with E-state index in [9.17, 15) is 9.59 Å². The molecule has 15 heavy (non-hydrogen) atoms. The first-order valence-corrected chi connectivity index (χ1v) is 4.84. The van der Waals surface area contributed by atoms with Crippen molar-refractivity contribution in [3.05, 3.63) is 29.1 Å². The first-order chi connectivity index (χ1) is 7.22. The molecule has 1 heterocycles. The van der Waals surface area contributed by atoms with Crippen LogP contribution in [0.15, 0.2) is 12.3 Å². The lowest BCUT2D eigenvalue weighted by molar-refractivity contribution is 0.0526. The average molecular weight is 207 g/mol. The number of hydrogen-bond acceptors (Lipinski definition) is 4. The van der Waals surface area contributed by atoms with E-state index in [0.29, 0.717) is 36.1 Å². The number of carbonyl (C=O) groups excluding carboxylic acids is 2. The van der Waals surface area contributed by atoms with Crippen LogP contribution in [0.5, 0.6) is 0 Å². The molecule has 0 aliphatic rings. The minimum Gasteiger partial charge on any atom is -0.462 e. The number of aryl methyl sites for hydroxylation is 1. The standard InChI is InChI=1S/C11H13NO3/c1-3-10-9(7-13)5-8(6-12-10)11(14)15-4-2/h5-7H,3-4H2,1-2H3. The van der Waals surface area contributed by atoms with Crippen LogP contribution in [0.25, 0.3) is 0 Å². The summed E-state index contributed by atoms with van der Waals surface area (Å²) in [6, 6.07) is 1.51. The SMILES string of the molecule is CCOC(=O)c1cnc(CC)c(C=O)c1. The monoisotopic (exact) mass is 207 g/mol. The van der Waals surface area contributed by atoms with Crippen molar-refractivity contribution in [2.75, 3.05) is 6.61 Å². The van der Waals surface area contributed by atoms with Gasteiger partial charge in [0, 0.05) is 11.8 Å². The van der Waals surface area contributed by atoms with Gasteiger partial charge in [-0.1, -0.05) is 6.92 Å². The Morgan fingerprint density at radius 2 is 2.27 bits per heavy atom. The molecule has 0 aromatic carbocycles. The highest BCUT2D eigenvalue weighted by molar-refractivity contribution is 5.91. The van der Waals surface area contributed by atoms with E-state index in [0.717, 1.165) is 0 Å². The molecule has 0 aliphatic heterocycles. The van der Waals surface area contributed by atoms with Crippen LogP contribution < -0.4 is 0 Å². The minimum absolute atomic E-state index is 0.310. The maximum Gasteiger partial charge on any atom is 0.339 e. The molecule has 0 fully saturated rings. The molecule has 4 nitrogen and oxygen atoms in total. The molecular weight excluding hydrogens is 194 g/mol. The van der Waals surface area contributed by atoms with Crippen LogP contribution in [0.4, 0.5) is 0 Å². The third-order valence-electron chi connectivity index (χ3n) is 1.98. The molecule has 0 N–H and O–H groups in total. The van der Waals surface area contributed by atoms with Gasteiger partial charge in [0.05, 0.1) is 17.9 Å². The third-order valence-corrected chi connectivity index (χ3v) is 1.98. The summed E-state index contributed by atoms with van der Waals surface area (Å²) in [6.07, 6.45) is 2.80. The summed E-state index contributed by atoms with van der Waals surface area (Å²) in [5.41, 5.74) is 1.46. The molecule has 1 aromatic heterocycles. The summed E-state index contributed by atoms with van der Waals surface area (Å²) in [7, 11) is 0. The maximum absolute atomic E-state index is 11.3. The Hall–Kier alpha value is -1.71. The second-order valence-corrected chi connectivity index (χ2v) is 2.95. The first-order valence-electron chi connectivity index (χ1n) is 4.84. The van der Waals surface area contributed by atoms with Crippen LogP contribution >= 0.6 is 0 Å². The Morgan fingerprint density at radius 3 is 2.80 bits per heavy atom. The average Bonchev–Trinajstić information content (AvgIpc) is 2.28. The summed E-state index contributed by atoms with van der Waals surface area (Å²) < 4.78 is 4.81. The number of pyridine rings is 1.